The van der Waals surface area contributed by atoms with E-state index in [9.17, 15) is 4.79 Å². The average Bonchev–Trinajstić information content (AvgIpc) is 2.96. The SMILES string of the molecule is O=C(NOCc1ccccc1)c1cccc2[nH]ccc12. The molecule has 1 amide bonds. The second-order valence-electron chi connectivity index (χ2n) is 4.45. The number of nitrogens with one attached hydrogen (secondary N) is 2. The monoisotopic (exact) mass is 266 g/mol. The molecule has 0 atom stereocenters. The van der Waals surface area contributed by atoms with E-state index < -0.39 is 0 Å². The highest BCUT2D eigenvalue weighted by Gasteiger charge is 2.10. The Hall–Kier alpha value is -2.59. The number of H-pyrrole nitrogens is 1. The number of rotatable bonds is 4. The minimum absolute atomic E-state index is 0.244. The number of aromatic nitrogens is 1. The van der Waals surface area contributed by atoms with E-state index in [0.717, 1.165) is 16.5 Å². The van der Waals surface area contributed by atoms with Crippen LogP contribution in [0.3, 0.4) is 0 Å². The third-order valence-electron chi connectivity index (χ3n) is 3.09. The largest absolute Gasteiger partial charge is 0.361 e. The van der Waals surface area contributed by atoms with Crippen molar-refractivity contribution in [3.05, 3.63) is 71.9 Å². The Labute approximate surface area is 116 Å². The molecule has 0 fully saturated rings. The number of hydroxylamine groups is 1. The molecule has 0 spiro atoms. The van der Waals surface area contributed by atoms with Crippen LogP contribution in [0.5, 0.6) is 0 Å². The summed E-state index contributed by atoms with van der Waals surface area (Å²) in [7, 11) is 0. The zero-order valence-electron chi connectivity index (χ0n) is 10.8. The maximum atomic E-state index is 12.1. The third-order valence-corrected chi connectivity index (χ3v) is 3.09. The summed E-state index contributed by atoms with van der Waals surface area (Å²) in [5, 5.41) is 0.883. The summed E-state index contributed by atoms with van der Waals surface area (Å²) in [5.41, 5.74) is 5.01. The van der Waals surface area contributed by atoms with E-state index in [0.29, 0.717) is 12.2 Å². The van der Waals surface area contributed by atoms with E-state index in [-0.39, 0.29) is 5.91 Å². The standard InChI is InChI=1S/C16H14N2O2/c19-16(18-20-11-12-5-2-1-3-6-12)14-7-4-8-15-13(14)9-10-17-15/h1-10,17H,11H2,(H,18,19). The first-order valence-electron chi connectivity index (χ1n) is 6.37. The number of hydrogen-bond donors (Lipinski definition) is 2. The molecule has 0 aliphatic carbocycles. The first-order valence-corrected chi connectivity index (χ1v) is 6.37. The highest BCUT2D eigenvalue weighted by molar-refractivity contribution is 6.05. The van der Waals surface area contributed by atoms with Crippen molar-refractivity contribution in [1.82, 2.24) is 10.5 Å². The predicted molar refractivity (Wildman–Crippen MR) is 77.0 cm³/mol. The van der Waals surface area contributed by atoms with Gasteiger partial charge in [-0.15, -0.1) is 0 Å². The molecule has 0 unspecified atom stereocenters. The lowest BCUT2D eigenvalue weighted by molar-refractivity contribution is 0.0235. The molecule has 0 radical (unpaired) electrons. The fraction of sp³-hybridized carbons (Fsp3) is 0.0625. The summed E-state index contributed by atoms with van der Waals surface area (Å²) in [6.07, 6.45) is 1.81. The predicted octanol–water partition coefficient (Wildman–Crippen LogP) is 3.03. The Morgan fingerprint density at radius 3 is 2.75 bits per heavy atom. The Morgan fingerprint density at radius 2 is 1.90 bits per heavy atom. The maximum Gasteiger partial charge on any atom is 0.275 e. The van der Waals surface area contributed by atoms with Crippen molar-refractivity contribution in [3.8, 4) is 0 Å². The number of carbonyl (C=O) groups excluding carboxylic acids is 1. The number of aromatic amines is 1. The van der Waals surface area contributed by atoms with Crippen molar-refractivity contribution < 1.29 is 9.63 Å². The Bertz CT molecular complexity index is 719. The zero-order valence-corrected chi connectivity index (χ0v) is 10.8. The number of benzene rings is 2. The van der Waals surface area contributed by atoms with Gasteiger partial charge in [-0.2, -0.15) is 0 Å². The zero-order chi connectivity index (χ0) is 13.8. The van der Waals surface area contributed by atoms with Crippen molar-refractivity contribution in [2.24, 2.45) is 0 Å². The Morgan fingerprint density at radius 1 is 1.05 bits per heavy atom. The van der Waals surface area contributed by atoms with E-state index in [2.05, 4.69) is 10.5 Å². The molecular weight excluding hydrogens is 252 g/mol. The van der Waals surface area contributed by atoms with Gasteiger partial charge in [0.25, 0.3) is 5.91 Å². The van der Waals surface area contributed by atoms with Crippen LogP contribution in [-0.2, 0) is 11.4 Å². The van der Waals surface area contributed by atoms with Gasteiger partial charge in [0.2, 0.25) is 0 Å². The fourth-order valence-corrected chi connectivity index (χ4v) is 2.10. The van der Waals surface area contributed by atoms with E-state index in [4.69, 9.17) is 4.84 Å². The molecule has 2 N–H and O–H groups in total. The lowest BCUT2D eigenvalue weighted by Crippen LogP contribution is -2.23. The number of amides is 1. The highest BCUT2D eigenvalue weighted by Crippen LogP contribution is 2.17. The van der Waals surface area contributed by atoms with Gasteiger partial charge < -0.3 is 4.98 Å². The Balaban J connectivity index is 1.66. The second-order valence-corrected chi connectivity index (χ2v) is 4.45. The molecule has 1 heterocycles. The highest BCUT2D eigenvalue weighted by atomic mass is 16.6. The van der Waals surface area contributed by atoms with Crippen LogP contribution >= 0.6 is 0 Å². The van der Waals surface area contributed by atoms with E-state index in [1.54, 1.807) is 6.07 Å². The Kier molecular flexibility index (Phi) is 3.48. The number of fused-ring (bicyclic) bond motifs is 1. The average molecular weight is 266 g/mol. The first kappa shape index (κ1) is 12.4. The van der Waals surface area contributed by atoms with Crippen LogP contribution in [0.15, 0.2) is 60.8 Å². The van der Waals surface area contributed by atoms with Crippen molar-refractivity contribution in [3.63, 3.8) is 0 Å². The van der Waals surface area contributed by atoms with Gasteiger partial charge in [-0.25, -0.2) is 5.48 Å². The second kappa shape index (κ2) is 5.59. The van der Waals surface area contributed by atoms with Crippen LogP contribution in [0.2, 0.25) is 0 Å². The van der Waals surface area contributed by atoms with Crippen LogP contribution in [-0.4, -0.2) is 10.9 Å². The molecular formula is C16H14N2O2. The molecule has 2 aromatic carbocycles. The summed E-state index contributed by atoms with van der Waals surface area (Å²) in [4.78, 5) is 20.4. The summed E-state index contributed by atoms with van der Waals surface area (Å²) in [5.74, 6) is -0.244. The molecule has 0 aliphatic rings. The van der Waals surface area contributed by atoms with E-state index >= 15 is 0 Å². The minimum atomic E-state index is -0.244. The molecule has 3 aromatic rings. The van der Waals surface area contributed by atoms with Crippen LogP contribution in [0.4, 0.5) is 0 Å². The van der Waals surface area contributed by atoms with Crippen molar-refractivity contribution in [1.29, 1.82) is 0 Å². The summed E-state index contributed by atoms with van der Waals surface area (Å²) < 4.78 is 0. The molecule has 20 heavy (non-hydrogen) atoms. The smallest absolute Gasteiger partial charge is 0.275 e. The van der Waals surface area contributed by atoms with Crippen LogP contribution in [0.1, 0.15) is 15.9 Å². The first-order chi connectivity index (χ1) is 9.84. The topological polar surface area (TPSA) is 54.1 Å². The lowest BCUT2D eigenvalue weighted by atomic mass is 10.1. The van der Waals surface area contributed by atoms with Gasteiger partial charge in [0.15, 0.2) is 0 Å². The summed E-state index contributed by atoms with van der Waals surface area (Å²) in [6, 6.07) is 17.1. The molecule has 100 valence electrons. The summed E-state index contributed by atoms with van der Waals surface area (Å²) >= 11 is 0. The quantitative estimate of drug-likeness (QED) is 0.713. The van der Waals surface area contributed by atoms with Gasteiger partial charge >= 0.3 is 0 Å². The van der Waals surface area contributed by atoms with Gasteiger partial charge in [-0.3, -0.25) is 9.63 Å². The number of carbonyl (C=O) groups is 1. The molecule has 3 rings (SSSR count). The molecule has 0 bridgehead atoms. The molecule has 0 aliphatic heterocycles. The van der Waals surface area contributed by atoms with Gasteiger partial charge in [0.1, 0.15) is 0 Å². The van der Waals surface area contributed by atoms with Gasteiger partial charge in [-0.1, -0.05) is 36.4 Å². The van der Waals surface area contributed by atoms with Crippen molar-refractivity contribution in [2.45, 2.75) is 6.61 Å². The fourth-order valence-electron chi connectivity index (χ4n) is 2.10. The van der Waals surface area contributed by atoms with E-state index in [1.807, 2.05) is 54.7 Å². The lowest BCUT2D eigenvalue weighted by Gasteiger charge is -2.07. The molecule has 0 saturated carbocycles. The van der Waals surface area contributed by atoms with Crippen molar-refractivity contribution >= 4 is 16.8 Å². The van der Waals surface area contributed by atoms with Crippen LogP contribution in [0.25, 0.3) is 10.9 Å². The van der Waals surface area contributed by atoms with E-state index in [1.165, 1.54) is 0 Å². The molecule has 4 nitrogen and oxygen atoms in total. The van der Waals surface area contributed by atoms with Crippen LogP contribution in [0, 0.1) is 0 Å². The maximum absolute atomic E-state index is 12.1. The third kappa shape index (κ3) is 2.55. The molecule has 4 heteroatoms. The summed E-state index contributed by atoms with van der Waals surface area (Å²) in [6.45, 7) is 0.343. The van der Waals surface area contributed by atoms with Gasteiger partial charge in [0, 0.05) is 17.1 Å². The molecule has 0 saturated heterocycles. The minimum Gasteiger partial charge on any atom is -0.361 e. The van der Waals surface area contributed by atoms with Crippen molar-refractivity contribution in [2.75, 3.05) is 0 Å². The van der Waals surface area contributed by atoms with Crippen LogP contribution < -0.4 is 5.48 Å². The number of hydrogen-bond acceptors (Lipinski definition) is 2. The van der Waals surface area contributed by atoms with Gasteiger partial charge in [0.05, 0.1) is 12.2 Å². The normalized spacial score (nSPS) is 10.6. The van der Waals surface area contributed by atoms with Gasteiger partial charge in [-0.05, 0) is 23.8 Å². The molecule has 1 aromatic heterocycles.